The number of hydrogen-bond acceptors (Lipinski definition) is 8. The molecule has 0 spiro atoms. The molecule has 2 aromatic heterocycles. The molecular formula is C25H25N3O4S. The lowest BCUT2D eigenvalue weighted by molar-refractivity contribution is 0.0330. The Labute approximate surface area is 195 Å². The lowest BCUT2D eigenvalue weighted by atomic mass is 10.1. The number of methoxy groups -OCH3 is 1. The summed E-state index contributed by atoms with van der Waals surface area (Å²) in [5.74, 6) is 1.13. The lowest BCUT2D eigenvalue weighted by Crippen LogP contribution is -2.36. The second-order valence-corrected chi connectivity index (χ2v) is 9.29. The van der Waals surface area contributed by atoms with E-state index in [1.807, 2.05) is 37.3 Å². The molecule has 0 saturated carbocycles. The Hall–Kier alpha value is -3.07. The van der Waals surface area contributed by atoms with Crippen LogP contribution in [0.3, 0.4) is 0 Å². The van der Waals surface area contributed by atoms with Crippen molar-refractivity contribution in [2.75, 3.05) is 33.4 Å². The quantitative estimate of drug-likeness (QED) is 0.391. The molecule has 0 aliphatic carbocycles. The van der Waals surface area contributed by atoms with Crippen LogP contribution >= 0.6 is 11.3 Å². The molecule has 3 heterocycles. The number of morpholine rings is 1. The molecule has 33 heavy (non-hydrogen) atoms. The number of carbonyl (C=O) groups excluding carboxylic acids is 1. The number of esters is 1. The van der Waals surface area contributed by atoms with Crippen LogP contribution in [0.5, 0.6) is 11.6 Å². The number of thiophene rings is 1. The molecule has 0 N–H and O–H groups in total. The van der Waals surface area contributed by atoms with Gasteiger partial charge in [-0.3, -0.25) is 4.90 Å². The molecule has 1 aliphatic rings. The average Bonchev–Trinajstić information content (AvgIpc) is 3.12. The largest absolute Gasteiger partial charge is 0.465 e. The van der Waals surface area contributed by atoms with Crippen LogP contribution in [-0.4, -0.2) is 54.3 Å². The van der Waals surface area contributed by atoms with Gasteiger partial charge in [0.05, 0.1) is 32.3 Å². The van der Waals surface area contributed by atoms with E-state index in [1.165, 1.54) is 12.0 Å². The monoisotopic (exact) mass is 463 g/mol. The third-order valence-corrected chi connectivity index (χ3v) is 7.07. The van der Waals surface area contributed by atoms with Gasteiger partial charge in [0.25, 0.3) is 0 Å². The van der Waals surface area contributed by atoms with E-state index in [2.05, 4.69) is 11.8 Å². The highest BCUT2D eigenvalue weighted by atomic mass is 32.1. The van der Waals surface area contributed by atoms with Crippen LogP contribution in [0.4, 0.5) is 0 Å². The Kier molecular flexibility index (Phi) is 5.97. The van der Waals surface area contributed by atoms with Gasteiger partial charge in [0.1, 0.15) is 22.0 Å². The summed E-state index contributed by atoms with van der Waals surface area (Å²) in [5.41, 5.74) is 1.45. The van der Waals surface area contributed by atoms with Crippen LogP contribution in [0.1, 0.15) is 26.6 Å². The first-order chi connectivity index (χ1) is 16.0. The molecule has 0 bridgehead atoms. The molecule has 1 fully saturated rings. The first-order valence-electron chi connectivity index (χ1n) is 10.9. The fraction of sp³-hybridized carbons (Fsp3) is 0.320. The van der Waals surface area contributed by atoms with Crippen LogP contribution in [0.25, 0.3) is 21.0 Å². The highest BCUT2D eigenvalue weighted by Crippen LogP contribution is 2.38. The van der Waals surface area contributed by atoms with Crippen molar-refractivity contribution in [2.45, 2.75) is 20.4 Å². The highest BCUT2D eigenvalue weighted by molar-refractivity contribution is 7.18. The normalized spacial score (nSPS) is 14.6. The predicted octanol–water partition coefficient (Wildman–Crippen LogP) is 4.87. The minimum atomic E-state index is -0.451. The molecule has 0 amide bonds. The van der Waals surface area contributed by atoms with Gasteiger partial charge >= 0.3 is 5.97 Å². The predicted molar refractivity (Wildman–Crippen MR) is 128 cm³/mol. The zero-order chi connectivity index (χ0) is 22.9. The first kappa shape index (κ1) is 21.8. The summed E-state index contributed by atoms with van der Waals surface area (Å²) in [6, 6.07) is 11.5. The van der Waals surface area contributed by atoms with Crippen molar-refractivity contribution in [1.82, 2.24) is 14.9 Å². The van der Waals surface area contributed by atoms with Crippen molar-refractivity contribution in [2.24, 2.45) is 0 Å². The summed E-state index contributed by atoms with van der Waals surface area (Å²) >= 11 is 1.63. The summed E-state index contributed by atoms with van der Waals surface area (Å²) in [7, 11) is 1.37. The summed E-state index contributed by atoms with van der Waals surface area (Å²) in [6.07, 6.45) is 0. The maximum absolute atomic E-state index is 12.6. The van der Waals surface area contributed by atoms with E-state index in [0.29, 0.717) is 42.8 Å². The van der Waals surface area contributed by atoms with Crippen LogP contribution < -0.4 is 4.74 Å². The standard InChI is InChI=1S/C25H25N3O4S/c1-15-16(2)33-24-22(15)23(26-21(27-24)14-28-8-10-31-11-9-28)32-20-13-18-7-5-4-6-17(18)12-19(20)25(29)30-3/h4-7,12-13H,8-11,14H2,1-3H3. The topological polar surface area (TPSA) is 73.8 Å². The fourth-order valence-corrected chi connectivity index (χ4v) is 5.07. The Bertz CT molecular complexity index is 1340. The average molecular weight is 464 g/mol. The molecule has 4 aromatic rings. The van der Waals surface area contributed by atoms with Gasteiger partial charge in [-0.25, -0.2) is 9.78 Å². The Morgan fingerprint density at radius 1 is 1.12 bits per heavy atom. The Morgan fingerprint density at radius 2 is 1.85 bits per heavy atom. The SMILES string of the molecule is COC(=O)c1cc2ccccc2cc1Oc1nc(CN2CCOCC2)nc2sc(C)c(C)c12. The van der Waals surface area contributed by atoms with Gasteiger partial charge in [0, 0.05) is 18.0 Å². The molecule has 1 aliphatic heterocycles. The van der Waals surface area contributed by atoms with Crippen LogP contribution in [0.2, 0.25) is 0 Å². The molecule has 5 rings (SSSR count). The van der Waals surface area contributed by atoms with Gasteiger partial charge < -0.3 is 14.2 Å². The van der Waals surface area contributed by atoms with Gasteiger partial charge in [-0.2, -0.15) is 4.98 Å². The number of fused-ring (bicyclic) bond motifs is 2. The fourth-order valence-electron chi connectivity index (χ4n) is 4.04. The molecule has 170 valence electrons. The van der Waals surface area contributed by atoms with Gasteiger partial charge in [-0.1, -0.05) is 24.3 Å². The van der Waals surface area contributed by atoms with Crippen LogP contribution in [-0.2, 0) is 16.0 Å². The number of benzene rings is 2. The summed E-state index contributed by atoms with van der Waals surface area (Å²) in [6.45, 7) is 7.85. The molecule has 0 atom stereocenters. The van der Waals surface area contributed by atoms with Crippen LogP contribution in [0.15, 0.2) is 36.4 Å². The lowest BCUT2D eigenvalue weighted by Gasteiger charge is -2.25. The van der Waals surface area contributed by atoms with Crippen molar-refractivity contribution in [3.63, 3.8) is 0 Å². The number of carbonyl (C=O) groups is 1. The molecule has 8 heteroatoms. The molecular weight excluding hydrogens is 438 g/mol. The maximum atomic E-state index is 12.6. The highest BCUT2D eigenvalue weighted by Gasteiger charge is 2.22. The van der Waals surface area contributed by atoms with E-state index in [4.69, 9.17) is 24.2 Å². The van der Waals surface area contributed by atoms with Gasteiger partial charge in [-0.15, -0.1) is 11.3 Å². The van der Waals surface area contributed by atoms with E-state index in [-0.39, 0.29) is 0 Å². The van der Waals surface area contributed by atoms with Gasteiger partial charge in [0.15, 0.2) is 0 Å². The zero-order valence-corrected chi connectivity index (χ0v) is 19.7. The molecule has 7 nitrogen and oxygen atoms in total. The number of nitrogens with zero attached hydrogens (tertiary/aromatic N) is 3. The molecule has 2 aromatic carbocycles. The maximum Gasteiger partial charge on any atom is 0.341 e. The van der Waals surface area contributed by atoms with E-state index in [1.54, 1.807) is 17.4 Å². The Morgan fingerprint density at radius 3 is 2.58 bits per heavy atom. The molecule has 1 saturated heterocycles. The number of ether oxygens (including phenoxy) is 3. The van der Waals surface area contributed by atoms with Gasteiger partial charge in [-0.05, 0) is 42.3 Å². The summed E-state index contributed by atoms with van der Waals surface area (Å²) in [5, 5.41) is 2.79. The second-order valence-electron chi connectivity index (χ2n) is 8.09. The minimum Gasteiger partial charge on any atom is -0.465 e. The smallest absolute Gasteiger partial charge is 0.341 e. The molecule has 0 unspecified atom stereocenters. The van der Waals surface area contributed by atoms with Crippen molar-refractivity contribution in [3.05, 3.63) is 58.2 Å². The number of aryl methyl sites for hydroxylation is 2. The Balaban J connectivity index is 1.61. The first-order valence-corrected chi connectivity index (χ1v) is 11.7. The third kappa shape index (κ3) is 4.29. The summed E-state index contributed by atoms with van der Waals surface area (Å²) < 4.78 is 16.9. The van der Waals surface area contributed by atoms with Gasteiger partial charge in [0.2, 0.25) is 5.88 Å². The second kappa shape index (κ2) is 9.05. The minimum absolute atomic E-state index is 0.363. The third-order valence-electron chi connectivity index (χ3n) is 5.97. The van der Waals surface area contributed by atoms with Crippen molar-refractivity contribution in [3.8, 4) is 11.6 Å². The summed E-state index contributed by atoms with van der Waals surface area (Å²) in [4.78, 5) is 26.5. The van der Waals surface area contributed by atoms with E-state index < -0.39 is 5.97 Å². The number of rotatable bonds is 5. The zero-order valence-electron chi connectivity index (χ0n) is 18.9. The van der Waals surface area contributed by atoms with E-state index in [0.717, 1.165) is 39.6 Å². The van der Waals surface area contributed by atoms with E-state index in [9.17, 15) is 4.79 Å². The van der Waals surface area contributed by atoms with Crippen molar-refractivity contribution >= 4 is 38.3 Å². The number of aromatic nitrogens is 2. The van der Waals surface area contributed by atoms with Crippen molar-refractivity contribution in [1.29, 1.82) is 0 Å². The van der Waals surface area contributed by atoms with Crippen molar-refractivity contribution < 1.29 is 19.0 Å². The number of hydrogen-bond donors (Lipinski definition) is 0. The molecule has 0 radical (unpaired) electrons. The van der Waals surface area contributed by atoms with Crippen LogP contribution in [0, 0.1) is 13.8 Å². The van der Waals surface area contributed by atoms with E-state index >= 15 is 0 Å².